The van der Waals surface area contributed by atoms with Crippen LogP contribution in [0.2, 0.25) is 0 Å². The van der Waals surface area contributed by atoms with Gasteiger partial charge in [-0.25, -0.2) is 0 Å². The topological polar surface area (TPSA) is 83.1 Å². The molecule has 0 aromatic carbocycles. The van der Waals surface area contributed by atoms with Crippen LogP contribution in [0.5, 0.6) is 0 Å². The molecule has 0 aliphatic heterocycles. The molecule has 0 aliphatic carbocycles. The van der Waals surface area contributed by atoms with E-state index < -0.39 is 50.7 Å². The molecule has 0 bridgehead atoms. The highest BCUT2D eigenvalue weighted by molar-refractivity contribution is 9.43. The third-order valence-corrected chi connectivity index (χ3v) is 59.1. The van der Waals surface area contributed by atoms with Crippen LogP contribution in [0.3, 0.4) is 0 Å². The maximum absolute atomic E-state index is 6.59. The summed E-state index contributed by atoms with van der Waals surface area (Å²) in [7, 11) is -13.1. The predicted molar refractivity (Wildman–Crippen MR) is 373 cm³/mol. The van der Waals surface area contributed by atoms with Crippen molar-refractivity contribution in [2.24, 2.45) is 23.7 Å². The van der Waals surface area contributed by atoms with Crippen LogP contribution in [0.4, 0.5) is 0 Å². The van der Waals surface area contributed by atoms with Gasteiger partial charge in [0.15, 0.2) is 0 Å². The van der Waals surface area contributed by atoms with Crippen LogP contribution in [-0.2, 0) is 39.8 Å². The molecule has 0 rings (SSSR count). The minimum absolute atomic E-state index is 0.353. The Kier molecular flexibility index (Phi) is 45.5. The summed E-state index contributed by atoms with van der Waals surface area (Å²) in [4.78, 5) is 0.976. The van der Waals surface area contributed by atoms with E-state index in [0.29, 0.717) is 81.5 Å². The Morgan fingerprint density at radius 3 is 0.987 bits per heavy atom. The van der Waals surface area contributed by atoms with Crippen molar-refractivity contribution >= 4 is 150 Å². The molecule has 0 aliphatic rings. The number of unbranched alkanes of at least 4 members (excludes halogenated alkanes) is 1. The lowest BCUT2D eigenvalue weighted by atomic mass is 9.91. The molecule has 0 spiro atoms. The first kappa shape index (κ1) is 78.7. The van der Waals surface area contributed by atoms with Crippen LogP contribution in [0.1, 0.15) is 194 Å². The molecule has 0 saturated carbocycles. The summed E-state index contributed by atoms with van der Waals surface area (Å²) in [5.41, 5.74) is 2.23. The van der Waals surface area contributed by atoms with Gasteiger partial charge >= 0.3 is 26.4 Å². The van der Waals surface area contributed by atoms with Gasteiger partial charge in [-0.15, -0.1) is 78.1 Å². The van der Waals surface area contributed by atoms with Crippen molar-refractivity contribution in [3.8, 4) is 0 Å². The molecule has 6 unspecified atom stereocenters. The first-order valence-electron chi connectivity index (χ1n) is 27.9. The third kappa shape index (κ3) is 29.6. The molecule has 0 radical (unpaired) electrons. The van der Waals surface area contributed by atoms with Crippen LogP contribution in [-0.4, -0.2) is 102 Å². The van der Waals surface area contributed by atoms with Gasteiger partial charge in [0.1, 0.15) is 0 Å². The third-order valence-electron chi connectivity index (χ3n) is 12.7. The molecule has 0 aromatic rings. The highest BCUT2D eigenvalue weighted by atomic mass is 33.7. The molecule has 0 fully saturated rings. The summed E-state index contributed by atoms with van der Waals surface area (Å²) in [6.45, 7) is 37.9. The molecule has 9 nitrogen and oxygen atoms in total. The van der Waals surface area contributed by atoms with Crippen LogP contribution in [0.15, 0.2) is 32.4 Å². The zero-order valence-corrected chi connectivity index (χ0v) is 62.7. The van der Waals surface area contributed by atoms with E-state index in [2.05, 4.69) is 60.6 Å². The van der Waals surface area contributed by atoms with Crippen LogP contribution < -0.4 is 0 Å². The average molecular weight is 1340 g/mol. The molecule has 6 atom stereocenters. The fourth-order valence-electron chi connectivity index (χ4n) is 9.24. The maximum Gasteiger partial charge on any atom is 0.511 e. The number of rotatable bonds is 49. The normalized spacial score (nSPS) is 18.2. The Labute approximate surface area is 510 Å². The van der Waals surface area contributed by atoms with Crippen molar-refractivity contribution in [1.29, 1.82) is 0 Å². The number of hydrogen-bond acceptors (Lipinski definition) is 18. The van der Waals surface area contributed by atoms with Crippen LogP contribution in [0, 0.1) is 23.7 Å². The summed E-state index contributed by atoms with van der Waals surface area (Å²) in [6.07, 6.45) is 21.3. The van der Waals surface area contributed by atoms with E-state index in [1.54, 1.807) is 0 Å². The summed E-state index contributed by atoms with van der Waals surface area (Å²) in [5.74, 6) is 3.17. The highest BCUT2D eigenvalue weighted by Gasteiger charge is 2.56. The molecule has 0 amide bonds. The second-order valence-electron chi connectivity index (χ2n) is 19.7. The van der Waals surface area contributed by atoms with Gasteiger partial charge in [-0.1, -0.05) is 133 Å². The molecular formula is C51H110O9S12Si3. The maximum atomic E-state index is 6.59. The van der Waals surface area contributed by atoms with E-state index >= 15 is 0 Å². The Morgan fingerprint density at radius 1 is 0.413 bits per heavy atom. The van der Waals surface area contributed by atoms with Crippen LogP contribution in [0.25, 0.3) is 0 Å². The molecule has 75 heavy (non-hydrogen) atoms. The van der Waals surface area contributed by atoms with E-state index in [1.165, 1.54) is 106 Å². The van der Waals surface area contributed by atoms with Crippen molar-refractivity contribution in [2.45, 2.75) is 194 Å². The van der Waals surface area contributed by atoms with Gasteiger partial charge in [-0.05, 0) is 154 Å². The largest absolute Gasteiger partial charge is 0.511 e. The SMILES string of the molecule is CCO[Si](CS(S)(SS)C(=CC=C(C)CCCC(C)CCCCC(C)CCCC(C)CCCC(C)C)C(C)=C(S(S)(C[Si](OCC)(OCC)OCC)SS)S(S)(C[Si](OCC)(OCC)OCC)SS)(OCC)OCC. The number of thiol groups is 6. The summed E-state index contributed by atoms with van der Waals surface area (Å²) >= 11 is 32.7. The smallest absolute Gasteiger partial charge is 0.373 e. The van der Waals surface area contributed by atoms with Crippen molar-refractivity contribution in [3.63, 3.8) is 0 Å². The molecule has 24 heteroatoms. The van der Waals surface area contributed by atoms with Crippen molar-refractivity contribution in [3.05, 3.63) is 32.4 Å². The fourth-order valence-corrected chi connectivity index (χ4v) is 57.1. The minimum atomic E-state index is -3.41. The van der Waals surface area contributed by atoms with Gasteiger partial charge in [0.2, 0.25) is 0 Å². The van der Waals surface area contributed by atoms with Gasteiger partial charge in [0.05, 0.1) is 16.1 Å². The summed E-state index contributed by atoms with van der Waals surface area (Å²) in [6, 6.07) is 0. The van der Waals surface area contributed by atoms with E-state index in [4.69, 9.17) is 110 Å². The zero-order valence-electron chi connectivity index (χ0n) is 49.4. The monoisotopic (exact) mass is 1330 g/mol. The van der Waals surface area contributed by atoms with Crippen molar-refractivity contribution in [2.75, 3.05) is 75.6 Å². The predicted octanol–water partition coefficient (Wildman–Crippen LogP) is 19.9. The molecule has 0 aromatic heterocycles. The van der Waals surface area contributed by atoms with E-state index in [-0.39, 0.29) is 0 Å². The first-order valence-corrected chi connectivity index (χ1v) is 49.5. The highest BCUT2D eigenvalue weighted by Crippen LogP contribution is 2.89. The Balaban J connectivity index is 7.74. The Morgan fingerprint density at radius 2 is 0.693 bits per heavy atom. The van der Waals surface area contributed by atoms with Crippen molar-refractivity contribution in [1.82, 2.24) is 0 Å². The van der Waals surface area contributed by atoms with Gasteiger partial charge in [0.25, 0.3) is 0 Å². The number of allylic oxidation sites excluding steroid dienone is 4. The van der Waals surface area contributed by atoms with E-state index in [0.717, 1.165) is 45.3 Å². The second-order valence-corrected chi connectivity index (χ2v) is 54.0. The number of hydrogen-bond donors (Lipinski definition) is 6. The van der Waals surface area contributed by atoms with Gasteiger partial charge in [-0.2, -0.15) is 0 Å². The molecule has 452 valence electrons. The average Bonchev–Trinajstić information content (AvgIpc) is 3.33. The Bertz CT molecular complexity index is 1500. The lowest BCUT2D eigenvalue weighted by molar-refractivity contribution is 0.0764. The summed E-state index contributed by atoms with van der Waals surface area (Å²) < 4.78 is 60.3. The van der Waals surface area contributed by atoms with Crippen molar-refractivity contribution < 1.29 is 39.8 Å². The summed E-state index contributed by atoms with van der Waals surface area (Å²) in [5, 5.41) is 1.11. The lowest BCUT2D eigenvalue weighted by Gasteiger charge is -2.50. The molecule has 0 N–H and O–H groups in total. The molecular weight excluding hydrogens is 1230 g/mol. The second kappa shape index (κ2) is 43.3. The minimum Gasteiger partial charge on any atom is -0.373 e. The van der Waals surface area contributed by atoms with Crippen LogP contribution >= 0.6 is 124 Å². The Hall–Kier alpha value is 3.71. The standard InChI is InChI=1S/C51H110O9S12Si3/c1-17-52-73(53-18-2,54-19-3)41-70(64,67-61)50(40-39-48(15)38-30-36-46(13)33-27-26-32-45(12)35-29-37-47(14)34-28-31-44(10)11)49(16)51(71(65,68-62)42-74(55-20-4,56-21-5)57-22-6)72(66,69-63)43-75(58-23-7,59-24-8)60-25-9/h39-40,44-47,61-66H,17-38,41-43H2,1-16H3. The quantitative estimate of drug-likeness (QED) is 0.0115. The fraction of sp³-hybridized carbons (Fsp3) is 0.882. The van der Waals surface area contributed by atoms with Gasteiger partial charge < -0.3 is 39.8 Å². The van der Waals surface area contributed by atoms with E-state index in [9.17, 15) is 0 Å². The first-order chi connectivity index (χ1) is 35.5. The zero-order chi connectivity index (χ0) is 57.2. The molecule has 0 heterocycles. The lowest BCUT2D eigenvalue weighted by Crippen LogP contribution is -2.52. The van der Waals surface area contributed by atoms with Gasteiger partial charge in [0, 0.05) is 68.6 Å². The van der Waals surface area contributed by atoms with E-state index in [1.807, 2.05) is 62.3 Å². The molecule has 0 saturated heterocycles. The van der Waals surface area contributed by atoms with Gasteiger partial charge in [-0.3, -0.25) is 0 Å².